The Hall–Kier alpha value is -5.00. The molecule has 0 amide bonds. The number of carbonyl (C=O) groups excluding carboxylic acids is 6. The molecule has 12 heteroatoms. The second kappa shape index (κ2) is 38.8. The molecule has 0 aliphatic rings. The lowest BCUT2D eigenvalue weighted by Gasteiger charge is -2.19. The van der Waals surface area contributed by atoms with Gasteiger partial charge in [-0.05, 0) is 50.8 Å². The fourth-order valence-corrected chi connectivity index (χ4v) is 7.87. The van der Waals surface area contributed by atoms with Crippen LogP contribution in [0.5, 0.6) is 28.7 Å². The minimum Gasteiger partial charge on any atom is -0.452 e. The Morgan fingerprint density at radius 2 is 0.783 bits per heavy atom. The van der Waals surface area contributed by atoms with Gasteiger partial charge in [-0.25, -0.2) is 0 Å². The van der Waals surface area contributed by atoms with Gasteiger partial charge in [-0.2, -0.15) is 0 Å². The summed E-state index contributed by atoms with van der Waals surface area (Å²) in [6.45, 7) is 10.5. The molecule has 0 bridgehead atoms. The molecular formula is C57H86O12. The van der Waals surface area contributed by atoms with Crippen molar-refractivity contribution in [3.8, 4) is 28.7 Å². The number of hydrogen-bond acceptors (Lipinski definition) is 12. The van der Waals surface area contributed by atoms with Crippen LogP contribution in [0.25, 0.3) is 5.76 Å². The number of benzene rings is 2. The van der Waals surface area contributed by atoms with Crippen LogP contribution in [0.1, 0.15) is 244 Å². The summed E-state index contributed by atoms with van der Waals surface area (Å²) < 4.78 is 34.9. The van der Waals surface area contributed by atoms with E-state index in [2.05, 4.69) is 27.7 Å². The molecule has 386 valence electrons. The minimum absolute atomic E-state index is 0.00438. The Bertz CT molecular complexity index is 1830. The predicted molar refractivity (Wildman–Crippen MR) is 271 cm³/mol. The smallest absolute Gasteiger partial charge is 0.311 e. The van der Waals surface area contributed by atoms with Crippen LogP contribution < -0.4 is 23.7 Å². The molecule has 0 N–H and O–H groups in total. The highest BCUT2D eigenvalue weighted by molar-refractivity contribution is 5.89. The summed E-state index contributed by atoms with van der Waals surface area (Å²) in [6.07, 6.45) is 29.1. The molecule has 0 fully saturated rings. The van der Waals surface area contributed by atoms with Crippen LogP contribution in [0.3, 0.4) is 0 Å². The zero-order valence-corrected chi connectivity index (χ0v) is 43.1. The lowest BCUT2D eigenvalue weighted by molar-refractivity contribution is -0.141. The van der Waals surface area contributed by atoms with Gasteiger partial charge in [0.05, 0.1) is 0 Å². The van der Waals surface area contributed by atoms with E-state index >= 15 is 0 Å². The second-order valence-electron chi connectivity index (χ2n) is 18.2. The first-order valence-corrected chi connectivity index (χ1v) is 26.7. The molecule has 12 nitrogen and oxygen atoms in total. The van der Waals surface area contributed by atoms with E-state index in [9.17, 15) is 28.8 Å². The molecule has 0 radical (unpaired) electrons. The third-order valence-corrected chi connectivity index (χ3v) is 12.1. The van der Waals surface area contributed by atoms with Crippen molar-refractivity contribution in [1.82, 2.24) is 0 Å². The highest BCUT2D eigenvalue weighted by atomic mass is 16.6. The molecule has 2 aromatic carbocycles. The first-order chi connectivity index (χ1) is 33.6. The van der Waals surface area contributed by atoms with E-state index in [4.69, 9.17) is 28.4 Å². The van der Waals surface area contributed by atoms with Gasteiger partial charge < -0.3 is 28.4 Å². The average Bonchev–Trinajstić information content (AvgIpc) is 3.33. The first-order valence-electron chi connectivity index (χ1n) is 26.7. The number of allylic oxidation sites excluding steroid dienone is 1. The van der Waals surface area contributed by atoms with Crippen molar-refractivity contribution < 1.29 is 57.2 Å². The predicted octanol–water partition coefficient (Wildman–Crippen LogP) is 15.3. The van der Waals surface area contributed by atoms with Crippen LogP contribution in [0.4, 0.5) is 0 Å². The largest absolute Gasteiger partial charge is 0.452 e. The Morgan fingerprint density at radius 3 is 1.19 bits per heavy atom. The standard InChI is InChI=1S/C57H86O12/c1-6-10-14-18-22-26-30-34-53(60)65-48-39-38-46(40-51(48)67-55(62)36-32-28-24-20-16-12-8-3)57(52(43-58)68-56(63)37-33-29-25-21-17-13-9-4)69-50-42-47(64-44-59)41-49(45(50)5)66-54(61)35-31-27-23-19-15-11-7-2/h38-44H,6-37H2,1-5H3/b57-52+. The maximum absolute atomic E-state index is 13.4. The maximum Gasteiger partial charge on any atom is 0.311 e. The Kier molecular flexibility index (Phi) is 33.8. The highest BCUT2D eigenvalue weighted by Gasteiger charge is 2.24. The molecule has 0 spiro atoms. The van der Waals surface area contributed by atoms with Gasteiger partial charge in [0.25, 0.3) is 6.47 Å². The summed E-state index contributed by atoms with van der Waals surface area (Å²) in [5, 5.41) is 0. The molecular weight excluding hydrogens is 877 g/mol. The zero-order chi connectivity index (χ0) is 50.3. The van der Waals surface area contributed by atoms with Crippen molar-refractivity contribution in [2.45, 2.75) is 240 Å². The maximum atomic E-state index is 13.4. The molecule has 0 saturated heterocycles. The van der Waals surface area contributed by atoms with Crippen LogP contribution in [-0.2, 0) is 33.5 Å². The van der Waals surface area contributed by atoms with Gasteiger partial charge in [0.1, 0.15) is 17.2 Å². The molecule has 2 aromatic rings. The lowest BCUT2D eigenvalue weighted by atomic mass is 10.1. The van der Waals surface area contributed by atoms with Crippen molar-refractivity contribution in [2.24, 2.45) is 0 Å². The van der Waals surface area contributed by atoms with E-state index in [0.717, 1.165) is 135 Å². The van der Waals surface area contributed by atoms with Gasteiger partial charge in [-0.3, -0.25) is 28.8 Å². The van der Waals surface area contributed by atoms with Gasteiger partial charge in [0.2, 0.25) is 5.76 Å². The summed E-state index contributed by atoms with van der Waals surface area (Å²) in [5.74, 6) is -2.95. The minimum atomic E-state index is -0.654. The average molecular weight is 963 g/mol. The van der Waals surface area contributed by atoms with E-state index in [1.165, 1.54) is 49.6 Å². The molecule has 0 atom stereocenters. The zero-order valence-electron chi connectivity index (χ0n) is 43.1. The normalized spacial score (nSPS) is 11.4. The van der Waals surface area contributed by atoms with E-state index < -0.39 is 29.6 Å². The Labute approximate surface area is 414 Å². The van der Waals surface area contributed by atoms with Crippen LogP contribution in [0, 0.1) is 6.92 Å². The molecule has 69 heavy (non-hydrogen) atoms. The van der Waals surface area contributed by atoms with Gasteiger partial charge in [-0.1, -0.05) is 182 Å². The summed E-state index contributed by atoms with van der Waals surface area (Å²) in [6, 6.07) is 7.10. The van der Waals surface area contributed by atoms with Crippen molar-refractivity contribution in [1.29, 1.82) is 0 Å². The molecule has 0 heterocycles. The molecule has 0 saturated carbocycles. The number of aldehydes is 1. The SMILES string of the molecule is CCCCCCCCCC(=O)O/C(C=O)=C(/Oc1cc(OC=O)cc(OC(=O)CCCCCCCCC)c1C)c1ccc(OC(=O)CCCCCCCCC)c(OC(=O)CCCCCCCCC)c1. The fourth-order valence-electron chi connectivity index (χ4n) is 7.87. The lowest BCUT2D eigenvalue weighted by Crippen LogP contribution is -2.14. The van der Waals surface area contributed by atoms with Crippen molar-refractivity contribution in [3.05, 3.63) is 47.2 Å². The Morgan fingerprint density at radius 1 is 0.420 bits per heavy atom. The van der Waals surface area contributed by atoms with Crippen LogP contribution >= 0.6 is 0 Å². The van der Waals surface area contributed by atoms with Crippen LogP contribution in [0.15, 0.2) is 36.1 Å². The number of esters is 4. The van der Waals surface area contributed by atoms with E-state index in [1.54, 1.807) is 6.92 Å². The van der Waals surface area contributed by atoms with Crippen molar-refractivity contribution in [2.75, 3.05) is 0 Å². The molecule has 2 rings (SSSR count). The third-order valence-electron chi connectivity index (χ3n) is 12.1. The Balaban J connectivity index is 2.57. The van der Waals surface area contributed by atoms with Gasteiger partial charge in [0.15, 0.2) is 23.5 Å². The summed E-state index contributed by atoms with van der Waals surface area (Å²) in [5.41, 5.74) is 0.445. The number of unbranched alkanes of at least 4 members (excludes halogenated alkanes) is 24. The van der Waals surface area contributed by atoms with Crippen molar-refractivity contribution in [3.63, 3.8) is 0 Å². The van der Waals surface area contributed by atoms with Gasteiger partial charge >= 0.3 is 23.9 Å². The molecule has 0 aromatic heterocycles. The molecule has 0 aliphatic heterocycles. The summed E-state index contributed by atoms with van der Waals surface area (Å²) >= 11 is 0. The summed E-state index contributed by atoms with van der Waals surface area (Å²) in [4.78, 5) is 77.6. The van der Waals surface area contributed by atoms with E-state index in [1.807, 2.05) is 0 Å². The van der Waals surface area contributed by atoms with Crippen LogP contribution in [0.2, 0.25) is 0 Å². The van der Waals surface area contributed by atoms with E-state index in [-0.39, 0.29) is 72.2 Å². The molecule has 0 aliphatic carbocycles. The fraction of sp³-hybridized carbons (Fsp3) is 0.649. The van der Waals surface area contributed by atoms with Crippen LogP contribution in [-0.4, -0.2) is 36.6 Å². The van der Waals surface area contributed by atoms with Crippen molar-refractivity contribution >= 4 is 42.4 Å². The van der Waals surface area contributed by atoms with E-state index in [0.29, 0.717) is 37.5 Å². The summed E-state index contributed by atoms with van der Waals surface area (Å²) in [7, 11) is 0. The monoisotopic (exact) mass is 963 g/mol. The quantitative estimate of drug-likeness (QED) is 0.0155. The topological polar surface area (TPSA) is 158 Å². The second-order valence-corrected chi connectivity index (χ2v) is 18.2. The number of ether oxygens (including phenoxy) is 6. The highest BCUT2D eigenvalue weighted by Crippen LogP contribution is 2.39. The van der Waals surface area contributed by atoms with Gasteiger partial charge in [0, 0.05) is 48.9 Å². The first kappa shape index (κ1) is 60.1. The number of rotatable bonds is 42. The number of carbonyl (C=O) groups is 6. The van der Waals surface area contributed by atoms with Gasteiger partial charge in [-0.15, -0.1) is 0 Å². The number of hydrogen-bond donors (Lipinski definition) is 0. The molecule has 0 unspecified atom stereocenters. The third kappa shape index (κ3) is 27.1.